The standard InChI is InChI=1S/C10H11ClN4O2S/c11-8-3-1-7(2-4-8)5-14-18(16,17)9-6-13-15-10(9)12/h1-4,6,14H,5H2,(H3,12,13,15). The molecule has 0 spiro atoms. The highest BCUT2D eigenvalue weighted by molar-refractivity contribution is 7.89. The molecule has 96 valence electrons. The molecule has 0 atom stereocenters. The van der Waals surface area contributed by atoms with E-state index in [1.807, 2.05) is 0 Å². The lowest BCUT2D eigenvalue weighted by Gasteiger charge is -2.05. The lowest BCUT2D eigenvalue weighted by atomic mass is 10.2. The zero-order valence-corrected chi connectivity index (χ0v) is 10.8. The van der Waals surface area contributed by atoms with Crippen LogP contribution in [0.4, 0.5) is 5.82 Å². The van der Waals surface area contributed by atoms with Crippen molar-refractivity contribution in [2.24, 2.45) is 0 Å². The van der Waals surface area contributed by atoms with Gasteiger partial charge in [-0.3, -0.25) is 5.10 Å². The van der Waals surface area contributed by atoms with Crippen molar-refractivity contribution in [3.63, 3.8) is 0 Å². The van der Waals surface area contributed by atoms with Gasteiger partial charge >= 0.3 is 0 Å². The Labute approximate surface area is 109 Å². The van der Waals surface area contributed by atoms with Gasteiger partial charge in [0.1, 0.15) is 10.7 Å². The third-order valence-electron chi connectivity index (χ3n) is 2.30. The van der Waals surface area contributed by atoms with Gasteiger partial charge in [-0.25, -0.2) is 13.1 Å². The van der Waals surface area contributed by atoms with Crippen LogP contribution >= 0.6 is 11.6 Å². The van der Waals surface area contributed by atoms with Crippen molar-refractivity contribution in [2.45, 2.75) is 11.4 Å². The molecule has 0 bridgehead atoms. The number of nitrogen functional groups attached to an aromatic ring is 1. The first-order valence-corrected chi connectivity index (χ1v) is 6.88. The van der Waals surface area contributed by atoms with Crippen molar-refractivity contribution >= 4 is 27.4 Å². The van der Waals surface area contributed by atoms with E-state index < -0.39 is 10.0 Å². The quantitative estimate of drug-likeness (QED) is 0.784. The highest BCUT2D eigenvalue weighted by atomic mass is 35.5. The number of aromatic nitrogens is 2. The minimum Gasteiger partial charge on any atom is -0.383 e. The molecule has 0 aliphatic rings. The molecule has 0 unspecified atom stereocenters. The summed E-state index contributed by atoms with van der Waals surface area (Å²) in [6.07, 6.45) is 1.17. The fourth-order valence-corrected chi connectivity index (χ4v) is 2.52. The molecule has 18 heavy (non-hydrogen) atoms. The van der Waals surface area contributed by atoms with Crippen LogP contribution in [0.15, 0.2) is 35.4 Å². The average Bonchev–Trinajstić information content (AvgIpc) is 2.76. The van der Waals surface area contributed by atoms with Gasteiger partial charge in [-0.15, -0.1) is 0 Å². The zero-order chi connectivity index (χ0) is 13.2. The van der Waals surface area contributed by atoms with Crippen LogP contribution in [0.3, 0.4) is 0 Å². The number of benzene rings is 1. The van der Waals surface area contributed by atoms with Crippen LogP contribution in [-0.4, -0.2) is 18.6 Å². The lowest BCUT2D eigenvalue weighted by molar-refractivity contribution is 0.582. The maximum absolute atomic E-state index is 11.9. The van der Waals surface area contributed by atoms with Crippen LogP contribution in [0.1, 0.15) is 5.56 Å². The van der Waals surface area contributed by atoms with E-state index in [9.17, 15) is 8.42 Å². The van der Waals surface area contributed by atoms with Crippen LogP contribution in [0, 0.1) is 0 Å². The Hall–Kier alpha value is -1.57. The second-order valence-electron chi connectivity index (χ2n) is 3.60. The van der Waals surface area contributed by atoms with E-state index in [-0.39, 0.29) is 17.3 Å². The normalized spacial score (nSPS) is 11.6. The number of H-pyrrole nitrogens is 1. The van der Waals surface area contributed by atoms with Crippen LogP contribution < -0.4 is 10.5 Å². The van der Waals surface area contributed by atoms with E-state index in [1.165, 1.54) is 6.20 Å². The van der Waals surface area contributed by atoms with Crippen LogP contribution in [0.5, 0.6) is 0 Å². The number of hydrogen-bond donors (Lipinski definition) is 3. The second-order valence-corrected chi connectivity index (χ2v) is 5.77. The Morgan fingerprint density at radius 1 is 1.33 bits per heavy atom. The van der Waals surface area contributed by atoms with Crippen molar-refractivity contribution in [3.05, 3.63) is 41.0 Å². The summed E-state index contributed by atoms with van der Waals surface area (Å²) in [5.41, 5.74) is 6.26. The number of nitrogens with zero attached hydrogens (tertiary/aromatic N) is 1. The first-order valence-electron chi connectivity index (χ1n) is 5.02. The highest BCUT2D eigenvalue weighted by Crippen LogP contribution is 2.15. The van der Waals surface area contributed by atoms with Gasteiger partial charge in [-0.1, -0.05) is 23.7 Å². The Morgan fingerprint density at radius 2 is 2.00 bits per heavy atom. The molecule has 2 aromatic rings. The van der Waals surface area contributed by atoms with Gasteiger partial charge in [0, 0.05) is 11.6 Å². The number of anilines is 1. The minimum atomic E-state index is -3.66. The van der Waals surface area contributed by atoms with Gasteiger partial charge in [0.05, 0.1) is 6.20 Å². The molecule has 6 nitrogen and oxygen atoms in total. The molecule has 0 saturated carbocycles. The molecule has 0 saturated heterocycles. The molecule has 0 aliphatic heterocycles. The van der Waals surface area contributed by atoms with Crippen molar-refractivity contribution < 1.29 is 8.42 Å². The molecule has 0 amide bonds. The van der Waals surface area contributed by atoms with Gasteiger partial charge in [0.2, 0.25) is 10.0 Å². The summed E-state index contributed by atoms with van der Waals surface area (Å²) in [5, 5.41) is 6.54. The van der Waals surface area contributed by atoms with Crippen LogP contribution in [0.25, 0.3) is 0 Å². The van der Waals surface area contributed by atoms with Gasteiger partial charge in [-0.05, 0) is 17.7 Å². The van der Waals surface area contributed by atoms with Gasteiger partial charge in [0.25, 0.3) is 0 Å². The number of rotatable bonds is 4. The summed E-state index contributed by atoms with van der Waals surface area (Å²) in [5.74, 6) is 0.0126. The third kappa shape index (κ3) is 2.81. The van der Waals surface area contributed by atoms with E-state index in [4.69, 9.17) is 17.3 Å². The van der Waals surface area contributed by atoms with E-state index in [1.54, 1.807) is 24.3 Å². The molecule has 4 N–H and O–H groups in total. The smallest absolute Gasteiger partial charge is 0.246 e. The van der Waals surface area contributed by atoms with Gasteiger partial charge < -0.3 is 5.73 Å². The first-order chi connectivity index (χ1) is 8.49. The molecule has 8 heteroatoms. The number of nitrogens with one attached hydrogen (secondary N) is 2. The number of nitrogens with two attached hydrogens (primary N) is 1. The second kappa shape index (κ2) is 4.97. The summed E-state index contributed by atoms with van der Waals surface area (Å²) in [6, 6.07) is 6.86. The Balaban J connectivity index is 2.11. The average molecular weight is 287 g/mol. The van der Waals surface area contributed by atoms with Gasteiger partial charge in [-0.2, -0.15) is 5.10 Å². The Kier molecular flexibility index (Phi) is 3.55. The van der Waals surface area contributed by atoms with Crippen molar-refractivity contribution in [3.8, 4) is 0 Å². The maximum atomic E-state index is 11.9. The lowest BCUT2D eigenvalue weighted by Crippen LogP contribution is -2.23. The zero-order valence-electron chi connectivity index (χ0n) is 9.22. The molecule has 1 heterocycles. The number of halogens is 1. The van der Waals surface area contributed by atoms with Crippen LogP contribution in [0.2, 0.25) is 5.02 Å². The van der Waals surface area contributed by atoms with Gasteiger partial charge in [0.15, 0.2) is 0 Å². The summed E-state index contributed by atoms with van der Waals surface area (Å²) < 4.78 is 26.2. The fraction of sp³-hybridized carbons (Fsp3) is 0.100. The topological polar surface area (TPSA) is 101 Å². The number of aromatic amines is 1. The first kappa shape index (κ1) is 12.9. The maximum Gasteiger partial charge on any atom is 0.246 e. The number of hydrogen-bond acceptors (Lipinski definition) is 4. The predicted molar refractivity (Wildman–Crippen MR) is 68.5 cm³/mol. The molecule has 0 aliphatic carbocycles. The SMILES string of the molecule is Nc1[nH]ncc1S(=O)(=O)NCc1ccc(Cl)cc1. The highest BCUT2D eigenvalue weighted by Gasteiger charge is 2.18. The molecular weight excluding hydrogens is 276 g/mol. The number of sulfonamides is 1. The van der Waals surface area contributed by atoms with Crippen molar-refractivity contribution in [1.29, 1.82) is 0 Å². The molecule has 0 fully saturated rings. The third-order valence-corrected chi connectivity index (χ3v) is 3.98. The summed E-state index contributed by atoms with van der Waals surface area (Å²) in [7, 11) is -3.66. The summed E-state index contributed by atoms with van der Waals surface area (Å²) in [6.45, 7) is 0.157. The van der Waals surface area contributed by atoms with E-state index in [0.717, 1.165) is 5.56 Å². The predicted octanol–water partition coefficient (Wildman–Crippen LogP) is 1.12. The molecule has 1 aromatic carbocycles. The van der Waals surface area contributed by atoms with E-state index in [0.29, 0.717) is 5.02 Å². The van der Waals surface area contributed by atoms with Crippen molar-refractivity contribution in [1.82, 2.24) is 14.9 Å². The van der Waals surface area contributed by atoms with E-state index in [2.05, 4.69) is 14.9 Å². The molecule has 2 rings (SSSR count). The summed E-state index contributed by atoms with van der Waals surface area (Å²) in [4.78, 5) is -0.0588. The fourth-order valence-electron chi connectivity index (χ4n) is 1.36. The Morgan fingerprint density at radius 3 is 2.56 bits per heavy atom. The van der Waals surface area contributed by atoms with Crippen LogP contribution in [-0.2, 0) is 16.6 Å². The molecular formula is C10H11ClN4O2S. The van der Waals surface area contributed by atoms with Crippen molar-refractivity contribution in [2.75, 3.05) is 5.73 Å². The monoisotopic (exact) mass is 286 g/mol. The molecule has 1 aromatic heterocycles. The Bertz CT molecular complexity index is 636. The largest absolute Gasteiger partial charge is 0.383 e. The summed E-state index contributed by atoms with van der Waals surface area (Å²) >= 11 is 5.74. The molecule has 0 radical (unpaired) electrons. The van der Waals surface area contributed by atoms with E-state index >= 15 is 0 Å². The minimum absolute atomic E-state index is 0.0126.